The van der Waals surface area contributed by atoms with Crippen molar-refractivity contribution in [3.8, 4) is 33.4 Å². The molecule has 0 heterocycles. The fraction of sp³-hybridized carbons (Fsp3) is 0.0714. The third-order valence-electron chi connectivity index (χ3n) is 12.7. The molecular formula is C56H41N. The van der Waals surface area contributed by atoms with Gasteiger partial charge in [0, 0.05) is 22.2 Å². The lowest BCUT2D eigenvalue weighted by Crippen LogP contribution is -2.28. The number of benzene rings is 9. The van der Waals surface area contributed by atoms with Crippen molar-refractivity contribution in [2.24, 2.45) is 0 Å². The van der Waals surface area contributed by atoms with Crippen LogP contribution in [0.4, 0.5) is 17.1 Å². The molecule has 0 spiro atoms. The summed E-state index contributed by atoms with van der Waals surface area (Å²) in [6.45, 7) is 4.80. The minimum atomic E-state index is -0.507. The third kappa shape index (κ3) is 4.82. The maximum absolute atomic E-state index is 2.57. The number of fused-ring (bicyclic) bond motifs is 8. The van der Waals surface area contributed by atoms with E-state index in [9.17, 15) is 0 Å². The lowest BCUT2D eigenvalue weighted by atomic mass is 9.68. The maximum Gasteiger partial charge on any atom is 0.0714 e. The van der Waals surface area contributed by atoms with Gasteiger partial charge in [0.15, 0.2) is 0 Å². The summed E-state index contributed by atoms with van der Waals surface area (Å²) in [6.07, 6.45) is 0. The molecule has 0 atom stereocenters. The Morgan fingerprint density at radius 2 is 0.912 bits per heavy atom. The standard InChI is InChI=1S/C56H41N/c1-55(2)47-29-16-14-27-45(47)53-51(37-40-21-12-13-26-44(40)54(53)55)57(43-35-33-39(34-36-43)38-19-6-3-7-20-38)50-32-18-31-49-52(50)46-28-15-17-30-48(46)56(49,41-22-8-4-9-23-41)42-24-10-5-11-25-42/h3-37H,1-2H3. The zero-order chi connectivity index (χ0) is 38.1. The van der Waals surface area contributed by atoms with E-state index in [4.69, 9.17) is 0 Å². The molecule has 9 aromatic rings. The Bertz CT molecular complexity index is 2920. The highest BCUT2D eigenvalue weighted by Crippen LogP contribution is 2.62. The fourth-order valence-corrected chi connectivity index (χ4v) is 10.3. The summed E-state index contributed by atoms with van der Waals surface area (Å²) in [5.74, 6) is 0. The second-order valence-corrected chi connectivity index (χ2v) is 16.0. The molecule has 0 amide bonds. The van der Waals surface area contributed by atoms with E-state index in [1.807, 2.05) is 0 Å². The number of anilines is 3. The van der Waals surface area contributed by atoms with E-state index in [1.54, 1.807) is 0 Å². The van der Waals surface area contributed by atoms with E-state index in [0.29, 0.717) is 0 Å². The van der Waals surface area contributed by atoms with Crippen LogP contribution in [0.15, 0.2) is 212 Å². The molecule has 0 saturated heterocycles. The summed E-state index contributed by atoms with van der Waals surface area (Å²) in [4.78, 5) is 2.57. The van der Waals surface area contributed by atoms with Crippen LogP contribution in [0, 0.1) is 0 Å². The first kappa shape index (κ1) is 33.4. The summed E-state index contributed by atoms with van der Waals surface area (Å²) >= 11 is 0. The van der Waals surface area contributed by atoms with Gasteiger partial charge in [-0.3, -0.25) is 0 Å². The minimum Gasteiger partial charge on any atom is -0.309 e. The first-order chi connectivity index (χ1) is 28.1. The Morgan fingerprint density at radius 1 is 0.386 bits per heavy atom. The molecule has 0 radical (unpaired) electrons. The van der Waals surface area contributed by atoms with Gasteiger partial charge in [0.05, 0.1) is 16.8 Å². The zero-order valence-corrected chi connectivity index (χ0v) is 32.2. The van der Waals surface area contributed by atoms with E-state index in [0.717, 1.165) is 5.69 Å². The zero-order valence-electron chi connectivity index (χ0n) is 32.2. The van der Waals surface area contributed by atoms with Crippen LogP contribution < -0.4 is 4.90 Å². The Balaban J connectivity index is 1.26. The molecule has 1 nitrogen and oxygen atoms in total. The molecule has 0 saturated carbocycles. The smallest absolute Gasteiger partial charge is 0.0714 e. The summed E-state index contributed by atoms with van der Waals surface area (Å²) < 4.78 is 0. The monoisotopic (exact) mass is 727 g/mol. The van der Waals surface area contributed by atoms with E-state index in [2.05, 4.69) is 231 Å². The van der Waals surface area contributed by atoms with Gasteiger partial charge in [-0.2, -0.15) is 0 Å². The predicted molar refractivity (Wildman–Crippen MR) is 239 cm³/mol. The molecule has 0 aromatic heterocycles. The van der Waals surface area contributed by atoms with Crippen molar-refractivity contribution in [1.29, 1.82) is 0 Å². The summed E-state index contributed by atoms with van der Waals surface area (Å²) in [7, 11) is 0. The Hall–Kier alpha value is -6.96. The summed E-state index contributed by atoms with van der Waals surface area (Å²) in [5, 5.41) is 2.56. The Labute approximate surface area is 335 Å². The second-order valence-electron chi connectivity index (χ2n) is 16.0. The molecule has 270 valence electrons. The molecule has 0 unspecified atom stereocenters. The number of rotatable bonds is 6. The van der Waals surface area contributed by atoms with E-state index < -0.39 is 5.41 Å². The molecule has 2 aliphatic carbocycles. The molecule has 0 fully saturated rings. The first-order valence-corrected chi connectivity index (χ1v) is 20.0. The molecule has 1 heteroatoms. The van der Waals surface area contributed by atoms with Crippen molar-refractivity contribution < 1.29 is 0 Å². The SMILES string of the molecule is CC1(C)c2ccccc2-c2c(N(c3ccc(-c4ccccc4)cc3)c3cccc4c3-c3ccccc3C4(c3ccccc3)c3ccccc3)cc3ccccc3c21. The van der Waals surface area contributed by atoms with Crippen molar-refractivity contribution in [2.75, 3.05) is 4.90 Å². The number of hydrogen-bond acceptors (Lipinski definition) is 1. The molecule has 57 heavy (non-hydrogen) atoms. The molecule has 9 aromatic carbocycles. The average molecular weight is 728 g/mol. The van der Waals surface area contributed by atoms with Crippen molar-refractivity contribution in [1.82, 2.24) is 0 Å². The van der Waals surface area contributed by atoms with E-state index in [1.165, 1.54) is 88.9 Å². The van der Waals surface area contributed by atoms with E-state index >= 15 is 0 Å². The molecule has 11 rings (SSSR count). The number of hydrogen-bond donors (Lipinski definition) is 0. The highest BCUT2D eigenvalue weighted by molar-refractivity contribution is 6.08. The predicted octanol–water partition coefficient (Wildman–Crippen LogP) is 14.6. The van der Waals surface area contributed by atoms with Crippen LogP contribution in [-0.4, -0.2) is 0 Å². The third-order valence-corrected chi connectivity index (χ3v) is 12.7. The lowest BCUT2D eigenvalue weighted by molar-refractivity contribution is 0.666. The van der Waals surface area contributed by atoms with Gasteiger partial charge in [-0.15, -0.1) is 0 Å². The number of nitrogens with zero attached hydrogens (tertiary/aromatic N) is 1. The van der Waals surface area contributed by atoms with Gasteiger partial charge in [0.1, 0.15) is 0 Å². The van der Waals surface area contributed by atoms with Crippen LogP contribution in [0.3, 0.4) is 0 Å². The highest BCUT2D eigenvalue weighted by Gasteiger charge is 2.48. The lowest BCUT2D eigenvalue weighted by Gasteiger charge is -2.35. The maximum atomic E-state index is 2.57. The second kappa shape index (κ2) is 12.8. The van der Waals surface area contributed by atoms with Crippen molar-refractivity contribution in [3.63, 3.8) is 0 Å². The van der Waals surface area contributed by atoms with Crippen LogP contribution in [0.2, 0.25) is 0 Å². The van der Waals surface area contributed by atoms with Crippen LogP contribution in [-0.2, 0) is 10.8 Å². The quantitative estimate of drug-likeness (QED) is 0.165. The normalized spacial score (nSPS) is 14.1. The fourth-order valence-electron chi connectivity index (χ4n) is 10.3. The molecule has 2 aliphatic rings. The molecule has 0 N–H and O–H groups in total. The van der Waals surface area contributed by atoms with Gasteiger partial charge in [-0.25, -0.2) is 0 Å². The Kier molecular flexibility index (Phi) is 7.50. The van der Waals surface area contributed by atoms with Crippen LogP contribution in [0.5, 0.6) is 0 Å². The van der Waals surface area contributed by atoms with Crippen LogP contribution in [0.1, 0.15) is 47.2 Å². The highest BCUT2D eigenvalue weighted by atomic mass is 15.1. The van der Waals surface area contributed by atoms with Crippen molar-refractivity contribution in [2.45, 2.75) is 24.7 Å². The Morgan fingerprint density at radius 3 is 1.60 bits per heavy atom. The molecule has 0 bridgehead atoms. The van der Waals surface area contributed by atoms with Crippen molar-refractivity contribution in [3.05, 3.63) is 246 Å². The van der Waals surface area contributed by atoms with Gasteiger partial charge in [-0.05, 0) is 90.7 Å². The van der Waals surface area contributed by atoms with Gasteiger partial charge >= 0.3 is 0 Å². The average Bonchev–Trinajstić information content (AvgIpc) is 3.72. The van der Waals surface area contributed by atoms with E-state index in [-0.39, 0.29) is 5.41 Å². The first-order valence-electron chi connectivity index (χ1n) is 20.0. The van der Waals surface area contributed by atoms with Crippen LogP contribution in [0.25, 0.3) is 44.2 Å². The molecule has 0 aliphatic heterocycles. The van der Waals surface area contributed by atoms with Gasteiger partial charge < -0.3 is 4.90 Å². The summed E-state index contributed by atoms with van der Waals surface area (Å²) in [5.41, 5.74) is 18.2. The van der Waals surface area contributed by atoms with Gasteiger partial charge in [0.2, 0.25) is 0 Å². The van der Waals surface area contributed by atoms with Crippen molar-refractivity contribution >= 4 is 27.8 Å². The summed E-state index contributed by atoms with van der Waals surface area (Å²) in [6, 6.07) is 78.7. The largest absolute Gasteiger partial charge is 0.309 e. The van der Waals surface area contributed by atoms with Gasteiger partial charge in [-0.1, -0.05) is 202 Å². The minimum absolute atomic E-state index is 0.189. The molecular weight excluding hydrogens is 687 g/mol. The van der Waals surface area contributed by atoms with Gasteiger partial charge in [0.25, 0.3) is 0 Å². The van der Waals surface area contributed by atoms with Crippen LogP contribution >= 0.6 is 0 Å². The topological polar surface area (TPSA) is 3.24 Å².